The summed E-state index contributed by atoms with van der Waals surface area (Å²) >= 11 is 0. The van der Waals surface area contributed by atoms with Gasteiger partial charge in [-0.3, -0.25) is 9.69 Å². The zero-order valence-corrected chi connectivity index (χ0v) is 16.6. The van der Waals surface area contributed by atoms with Gasteiger partial charge in [0.15, 0.2) is 0 Å². The molecule has 6 nitrogen and oxygen atoms in total. The summed E-state index contributed by atoms with van der Waals surface area (Å²) in [7, 11) is 0. The second-order valence-electron chi connectivity index (χ2n) is 7.11. The molecular weight excluding hydrogens is 354 g/mol. The third-order valence-electron chi connectivity index (χ3n) is 4.75. The van der Waals surface area contributed by atoms with Crippen LogP contribution in [0, 0.1) is 0 Å². The van der Waals surface area contributed by atoms with Gasteiger partial charge in [-0.1, -0.05) is 26.0 Å². The maximum Gasteiger partial charge on any atom is 0.325 e. The van der Waals surface area contributed by atoms with E-state index in [1.165, 1.54) is 5.56 Å². The van der Waals surface area contributed by atoms with Crippen LogP contribution in [0.4, 0.5) is 16.2 Å². The van der Waals surface area contributed by atoms with Crippen LogP contribution in [0.1, 0.15) is 32.3 Å². The summed E-state index contributed by atoms with van der Waals surface area (Å²) in [5, 5.41) is 2.83. The molecule has 0 spiro atoms. The van der Waals surface area contributed by atoms with Crippen LogP contribution in [0.15, 0.2) is 48.5 Å². The van der Waals surface area contributed by atoms with Crippen molar-refractivity contribution in [3.63, 3.8) is 0 Å². The maximum absolute atomic E-state index is 12.7. The van der Waals surface area contributed by atoms with Crippen LogP contribution in [0.3, 0.4) is 0 Å². The van der Waals surface area contributed by atoms with E-state index in [1.54, 1.807) is 21.9 Å². The zero-order chi connectivity index (χ0) is 20.1. The fourth-order valence-electron chi connectivity index (χ4n) is 3.18. The van der Waals surface area contributed by atoms with Gasteiger partial charge in [-0.2, -0.15) is 0 Å². The molecule has 1 fully saturated rings. The molecule has 1 aliphatic heterocycles. The largest absolute Gasteiger partial charge is 0.494 e. The quantitative estimate of drug-likeness (QED) is 0.786. The number of nitrogens with zero attached hydrogens (tertiary/aromatic N) is 2. The molecular formula is C22H27N3O3. The minimum Gasteiger partial charge on any atom is -0.494 e. The van der Waals surface area contributed by atoms with Gasteiger partial charge in [0.05, 0.1) is 6.61 Å². The number of hydrogen-bond acceptors (Lipinski definition) is 3. The fraction of sp³-hybridized carbons (Fsp3) is 0.364. The van der Waals surface area contributed by atoms with Gasteiger partial charge < -0.3 is 15.0 Å². The van der Waals surface area contributed by atoms with E-state index in [4.69, 9.17) is 4.74 Å². The highest BCUT2D eigenvalue weighted by molar-refractivity contribution is 5.99. The van der Waals surface area contributed by atoms with Crippen LogP contribution in [-0.4, -0.2) is 43.1 Å². The number of ether oxygens (including phenoxy) is 1. The van der Waals surface area contributed by atoms with Gasteiger partial charge in [0, 0.05) is 24.5 Å². The molecule has 2 aromatic carbocycles. The van der Waals surface area contributed by atoms with Crippen LogP contribution in [0.25, 0.3) is 0 Å². The smallest absolute Gasteiger partial charge is 0.325 e. The molecule has 0 unspecified atom stereocenters. The first-order chi connectivity index (χ1) is 13.5. The number of carbonyl (C=O) groups excluding carboxylic acids is 2. The predicted molar refractivity (Wildman–Crippen MR) is 111 cm³/mol. The summed E-state index contributed by atoms with van der Waals surface area (Å²) in [5.74, 6) is 0.995. The number of carbonyl (C=O) groups is 2. The Labute approximate surface area is 166 Å². The number of amides is 3. The summed E-state index contributed by atoms with van der Waals surface area (Å²) in [6.07, 6.45) is 0. The monoisotopic (exact) mass is 381 g/mol. The number of urea groups is 1. The molecule has 0 aliphatic carbocycles. The Hall–Kier alpha value is -3.02. The van der Waals surface area contributed by atoms with Gasteiger partial charge in [0.2, 0.25) is 5.91 Å². The summed E-state index contributed by atoms with van der Waals surface area (Å²) in [5.41, 5.74) is 2.78. The predicted octanol–water partition coefficient (Wildman–Crippen LogP) is 4.09. The lowest BCUT2D eigenvalue weighted by Crippen LogP contribution is -2.37. The number of rotatable bonds is 7. The molecule has 0 bridgehead atoms. The van der Waals surface area contributed by atoms with Crippen molar-refractivity contribution in [2.75, 3.05) is 36.5 Å². The van der Waals surface area contributed by atoms with Crippen LogP contribution in [-0.2, 0) is 4.79 Å². The molecule has 1 saturated heterocycles. The van der Waals surface area contributed by atoms with E-state index in [0.29, 0.717) is 31.3 Å². The first-order valence-corrected chi connectivity index (χ1v) is 9.67. The molecule has 1 aliphatic rings. The molecule has 3 amide bonds. The van der Waals surface area contributed by atoms with E-state index in [0.717, 1.165) is 11.4 Å². The number of benzene rings is 2. The molecule has 2 aromatic rings. The van der Waals surface area contributed by atoms with Crippen LogP contribution in [0.5, 0.6) is 5.75 Å². The molecule has 0 saturated carbocycles. The number of nitrogens with one attached hydrogen (secondary N) is 1. The van der Waals surface area contributed by atoms with Crippen LogP contribution < -0.4 is 15.0 Å². The van der Waals surface area contributed by atoms with E-state index in [1.807, 2.05) is 31.2 Å². The lowest BCUT2D eigenvalue weighted by atomic mass is 10.0. The first-order valence-electron chi connectivity index (χ1n) is 9.67. The first kappa shape index (κ1) is 19.7. The van der Waals surface area contributed by atoms with E-state index in [-0.39, 0.29) is 18.5 Å². The van der Waals surface area contributed by atoms with Gasteiger partial charge >= 0.3 is 6.03 Å². The van der Waals surface area contributed by atoms with Crippen molar-refractivity contribution in [1.29, 1.82) is 0 Å². The summed E-state index contributed by atoms with van der Waals surface area (Å²) in [6, 6.07) is 15.1. The number of hydrogen-bond donors (Lipinski definition) is 1. The molecule has 28 heavy (non-hydrogen) atoms. The van der Waals surface area contributed by atoms with Gasteiger partial charge in [-0.15, -0.1) is 0 Å². The SMILES string of the molecule is CCOc1ccc(NC(=O)CN2CCN(c3ccc(C(C)C)cc3)C2=O)cc1. The second kappa shape index (κ2) is 8.78. The van der Waals surface area contributed by atoms with E-state index in [9.17, 15) is 9.59 Å². The third kappa shape index (κ3) is 4.63. The Balaban J connectivity index is 1.56. The van der Waals surface area contributed by atoms with Gasteiger partial charge in [0.1, 0.15) is 12.3 Å². The normalized spacial score (nSPS) is 13.9. The van der Waals surface area contributed by atoms with Crippen LogP contribution >= 0.6 is 0 Å². The van der Waals surface area contributed by atoms with Crippen molar-refractivity contribution in [3.05, 3.63) is 54.1 Å². The molecule has 0 radical (unpaired) electrons. The van der Waals surface area contributed by atoms with Gasteiger partial charge in [-0.25, -0.2) is 4.79 Å². The lowest BCUT2D eigenvalue weighted by Gasteiger charge is -2.19. The zero-order valence-electron chi connectivity index (χ0n) is 16.6. The second-order valence-corrected chi connectivity index (χ2v) is 7.11. The molecule has 0 aromatic heterocycles. The Bertz CT molecular complexity index is 816. The maximum atomic E-state index is 12.7. The van der Waals surface area contributed by atoms with Crippen molar-refractivity contribution in [1.82, 2.24) is 4.90 Å². The fourth-order valence-corrected chi connectivity index (χ4v) is 3.18. The van der Waals surface area contributed by atoms with Crippen molar-refractivity contribution in [2.45, 2.75) is 26.7 Å². The Morgan fingerprint density at radius 1 is 1.07 bits per heavy atom. The highest BCUT2D eigenvalue weighted by atomic mass is 16.5. The minimum atomic E-state index is -0.213. The van der Waals surface area contributed by atoms with Crippen molar-refractivity contribution in [2.24, 2.45) is 0 Å². The van der Waals surface area contributed by atoms with Crippen molar-refractivity contribution >= 4 is 23.3 Å². The summed E-state index contributed by atoms with van der Waals surface area (Å²) in [4.78, 5) is 28.3. The topological polar surface area (TPSA) is 61.9 Å². The van der Waals surface area contributed by atoms with E-state index in [2.05, 4.69) is 31.3 Å². The summed E-state index contributed by atoms with van der Waals surface area (Å²) in [6.45, 7) is 7.94. The Kier molecular flexibility index (Phi) is 6.19. The van der Waals surface area contributed by atoms with Gasteiger partial charge in [0.25, 0.3) is 0 Å². The molecule has 3 rings (SSSR count). The van der Waals surface area contributed by atoms with E-state index < -0.39 is 0 Å². The number of anilines is 2. The molecule has 148 valence electrons. The standard InChI is InChI=1S/C22H27N3O3/c1-4-28-20-11-7-18(8-12-20)23-21(26)15-24-13-14-25(22(24)27)19-9-5-17(6-10-19)16(2)3/h5-12,16H,4,13-15H2,1-3H3,(H,23,26). The lowest BCUT2D eigenvalue weighted by molar-refractivity contribution is -0.116. The Morgan fingerprint density at radius 3 is 2.36 bits per heavy atom. The molecule has 1 N–H and O–H groups in total. The molecule has 1 heterocycles. The molecule has 0 atom stereocenters. The highest BCUT2D eigenvalue weighted by Crippen LogP contribution is 2.23. The third-order valence-corrected chi connectivity index (χ3v) is 4.75. The Morgan fingerprint density at radius 2 is 1.75 bits per heavy atom. The van der Waals surface area contributed by atoms with Crippen LogP contribution in [0.2, 0.25) is 0 Å². The molecule has 6 heteroatoms. The van der Waals surface area contributed by atoms with Gasteiger partial charge in [-0.05, 0) is 54.8 Å². The average Bonchev–Trinajstić information content (AvgIpc) is 3.04. The van der Waals surface area contributed by atoms with Crippen molar-refractivity contribution < 1.29 is 14.3 Å². The van der Waals surface area contributed by atoms with E-state index >= 15 is 0 Å². The highest BCUT2D eigenvalue weighted by Gasteiger charge is 2.30. The minimum absolute atomic E-state index is 0.0343. The summed E-state index contributed by atoms with van der Waals surface area (Å²) < 4.78 is 5.39. The van der Waals surface area contributed by atoms with Crippen molar-refractivity contribution in [3.8, 4) is 5.75 Å². The average molecular weight is 381 g/mol.